The summed E-state index contributed by atoms with van der Waals surface area (Å²) < 4.78 is 1.96. The van der Waals surface area contributed by atoms with E-state index in [1.165, 1.54) is 0 Å². The van der Waals surface area contributed by atoms with Gasteiger partial charge in [0.25, 0.3) is 0 Å². The maximum absolute atomic E-state index is 4.23. The fourth-order valence-corrected chi connectivity index (χ4v) is 1.22. The van der Waals surface area contributed by atoms with Crippen molar-refractivity contribution in [1.82, 2.24) is 20.2 Å². The van der Waals surface area contributed by atoms with E-state index in [9.17, 15) is 0 Å². The summed E-state index contributed by atoms with van der Waals surface area (Å²) in [7, 11) is 3.94. The minimum Gasteiger partial charge on any atom is -0.340 e. The molecule has 4 heteroatoms. The van der Waals surface area contributed by atoms with E-state index in [-0.39, 0.29) is 0 Å². The average Bonchev–Trinajstić information content (AvgIpc) is 2.49. The van der Waals surface area contributed by atoms with Crippen molar-refractivity contribution in [3.8, 4) is 0 Å². The lowest BCUT2D eigenvalue weighted by Crippen LogP contribution is -2.34. The second kappa shape index (κ2) is 4.99. The standard InChI is InChI=1S/C9H18N4/c1-8(4-10-2)11-5-9-6-13(3)7-12-9/h6-8,10-11H,4-5H2,1-3H3. The van der Waals surface area contributed by atoms with Gasteiger partial charge in [-0.15, -0.1) is 0 Å². The Morgan fingerprint density at radius 3 is 2.92 bits per heavy atom. The number of likely N-dealkylation sites (N-methyl/N-ethyl adjacent to an activating group) is 1. The Kier molecular flexibility index (Phi) is 3.92. The number of imidazole rings is 1. The molecule has 1 unspecified atom stereocenters. The van der Waals surface area contributed by atoms with Crippen molar-refractivity contribution in [1.29, 1.82) is 0 Å². The van der Waals surface area contributed by atoms with Crippen LogP contribution in [-0.4, -0.2) is 29.2 Å². The smallest absolute Gasteiger partial charge is 0.0947 e. The summed E-state index contributed by atoms with van der Waals surface area (Å²) >= 11 is 0. The highest BCUT2D eigenvalue weighted by Crippen LogP contribution is 1.93. The Balaban J connectivity index is 2.26. The van der Waals surface area contributed by atoms with Gasteiger partial charge in [-0.25, -0.2) is 4.98 Å². The predicted molar refractivity (Wildman–Crippen MR) is 53.4 cm³/mol. The third-order valence-electron chi connectivity index (χ3n) is 1.90. The highest BCUT2D eigenvalue weighted by atomic mass is 15.0. The van der Waals surface area contributed by atoms with Crippen molar-refractivity contribution in [2.24, 2.45) is 7.05 Å². The van der Waals surface area contributed by atoms with Gasteiger partial charge in [0.05, 0.1) is 12.0 Å². The van der Waals surface area contributed by atoms with Crippen LogP contribution in [0.4, 0.5) is 0 Å². The van der Waals surface area contributed by atoms with Crippen LogP contribution in [0.5, 0.6) is 0 Å². The van der Waals surface area contributed by atoms with Crippen LogP contribution in [0.25, 0.3) is 0 Å². The molecular weight excluding hydrogens is 164 g/mol. The van der Waals surface area contributed by atoms with Gasteiger partial charge in [0.15, 0.2) is 0 Å². The highest BCUT2D eigenvalue weighted by molar-refractivity contribution is 4.95. The van der Waals surface area contributed by atoms with Crippen LogP contribution in [0.1, 0.15) is 12.6 Å². The zero-order valence-electron chi connectivity index (χ0n) is 8.54. The molecule has 1 atom stereocenters. The molecule has 0 aromatic carbocycles. The molecule has 2 N–H and O–H groups in total. The predicted octanol–water partition coefficient (Wildman–Crippen LogP) is 0.118. The molecule has 1 heterocycles. The highest BCUT2D eigenvalue weighted by Gasteiger charge is 2.00. The quantitative estimate of drug-likeness (QED) is 0.679. The van der Waals surface area contributed by atoms with Gasteiger partial charge >= 0.3 is 0 Å². The molecule has 13 heavy (non-hydrogen) atoms. The maximum Gasteiger partial charge on any atom is 0.0947 e. The number of hydrogen-bond donors (Lipinski definition) is 2. The SMILES string of the molecule is CNCC(C)NCc1cn(C)cn1. The minimum atomic E-state index is 0.479. The normalized spacial score (nSPS) is 13.2. The molecule has 0 spiro atoms. The van der Waals surface area contributed by atoms with Gasteiger partial charge in [0, 0.05) is 32.4 Å². The molecule has 0 aliphatic heterocycles. The van der Waals surface area contributed by atoms with E-state index in [1.54, 1.807) is 0 Å². The molecule has 0 radical (unpaired) electrons. The maximum atomic E-state index is 4.23. The second-order valence-corrected chi connectivity index (χ2v) is 3.37. The molecule has 1 aromatic heterocycles. The van der Waals surface area contributed by atoms with E-state index >= 15 is 0 Å². The summed E-state index contributed by atoms with van der Waals surface area (Å²) in [5, 5.41) is 6.50. The zero-order valence-corrected chi connectivity index (χ0v) is 8.54. The third kappa shape index (κ3) is 3.57. The van der Waals surface area contributed by atoms with E-state index in [4.69, 9.17) is 0 Å². The molecule has 0 fully saturated rings. The molecule has 74 valence electrons. The summed E-state index contributed by atoms with van der Waals surface area (Å²) in [5.41, 5.74) is 1.09. The molecule has 1 rings (SSSR count). The van der Waals surface area contributed by atoms with E-state index in [1.807, 2.05) is 31.2 Å². The van der Waals surface area contributed by atoms with Crippen molar-refractivity contribution in [2.75, 3.05) is 13.6 Å². The zero-order chi connectivity index (χ0) is 9.68. The fourth-order valence-electron chi connectivity index (χ4n) is 1.22. The molecule has 0 amide bonds. The lowest BCUT2D eigenvalue weighted by Gasteiger charge is -2.11. The average molecular weight is 182 g/mol. The summed E-state index contributed by atoms with van der Waals surface area (Å²) in [6, 6.07) is 0.479. The van der Waals surface area contributed by atoms with Crippen LogP contribution >= 0.6 is 0 Å². The molecule has 0 aliphatic rings. The Morgan fingerprint density at radius 2 is 2.38 bits per heavy atom. The molecule has 1 aromatic rings. The number of aryl methyl sites for hydroxylation is 1. The van der Waals surface area contributed by atoms with Gasteiger partial charge in [0.1, 0.15) is 0 Å². The van der Waals surface area contributed by atoms with E-state index in [0.29, 0.717) is 6.04 Å². The van der Waals surface area contributed by atoms with Crippen molar-refractivity contribution in [3.63, 3.8) is 0 Å². The van der Waals surface area contributed by atoms with E-state index in [2.05, 4.69) is 22.5 Å². The molecule has 0 saturated heterocycles. The van der Waals surface area contributed by atoms with Crippen molar-refractivity contribution >= 4 is 0 Å². The van der Waals surface area contributed by atoms with E-state index < -0.39 is 0 Å². The van der Waals surface area contributed by atoms with Crippen LogP contribution < -0.4 is 10.6 Å². The van der Waals surface area contributed by atoms with Crippen molar-refractivity contribution in [2.45, 2.75) is 19.5 Å². The summed E-state index contributed by atoms with van der Waals surface area (Å²) in [4.78, 5) is 4.23. The first-order valence-corrected chi connectivity index (χ1v) is 4.57. The fraction of sp³-hybridized carbons (Fsp3) is 0.667. The van der Waals surface area contributed by atoms with Gasteiger partial charge < -0.3 is 15.2 Å². The minimum absolute atomic E-state index is 0.479. The molecule has 0 saturated carbocycles. The first-order valence-electron chi connectivity index (χ1n) is 4.57. The van der Waals surface area contributed by atoms with Crippen LogP contribution in [0.2, 0.25) is 0 Å². The topological polar surface area (TPSA) is 41.9 Å². The van der Waals surface area contributed by atoms with Gasteiger partial charge in [-0.1, -0.05) is 0 Å². The Hall–Kier alpha value is -0.870. The van der Waals surface area contributed by atoms with Crippen LogP contribution in [0, 0.1) is 0 Å². The Labute approximate surface area is 79.4 Å². The Morgan fingerprint density at radius 1 is 1.62 bits per heavy atom. The number of nitrogens with one attached hydrogen (secondary N) is 2. The largest absolute Gasteiger partial charge is 0.340 e. The van der Waals surface area contributed by atoms with Gasteiger partial charge in [-0.05, 0) is 14.0 Å². The van der Waals surface area contributed by atoms with Crippen molar-refractivity contribution in [3.05, 3.63) is 18.2 Å². The van der Waals surface area contributed by atoms with Crippen LogP contribution in [0.15, 0.2) is 12.5 Å². The molecular formula is C9H18N4. The summed E-state index contributed by atoms with van der Waals surface area (Å²) in [6.07, 6.45) is 3.85. The summed E-state index contributed by atoms with van der Waals surface area (Å²) in [5.74, 6) is 0. The van der Waals surface area contributed by atoms with Gasteiger partial charge in [0.2, 0.25) is 0 Å². The molecule has 4 nitrogen and oxygen atoms in total. The number of hydrogen-bond acceptors (Lipinski definition) is 3. The lowest BCUT2D eigenvalue weighted by atomic mass is 10.3. The number of aromatic nitrogens is 2. The second-order valence-electron chi connectivity index (χ2n) is 3.37. The van der Waals surface area contributed by atoms with Crippen molar-refractivity contribution < 1.29 is 0 Å². The third-order valence-corrected chi connectivity index (χ3v) is 1.90. The number of nitrogens with zero attached hydrogens (tertiary/aromatic N) is 2. The first-order chi connectivity index (χ1) is 6.22. The van der Waals surface area contributed by atoms with E-state index in [0.717, 1.165) is 18.8 Å². The summed E-state index contributed by atoms with van der Waals surface area (Å²) in [6.45, 7) is 3.97. The van der Waals surface area contributed by atoms with Gasteiger partial charge in [-0.2, -0.15) is 0 Å². The monoisotopic (exact) mass is 182 g/mol. The van der Waals surface area contributed by atoms with Crippen LogP contribution in [-0.2, 0) is 13.6 Å². The molecule has 0 bridgehead atoms. The van der Waals surface area contributed by atoms with Gasteiger partial charge in [-0.3, -0.25) is 0 Å². The number of rotatable bonds is 5. The first kappa shape index (κ1) is 10.2. The molecule has 0 aliphatic carbocycles. The lowest BCUT2D eigenvalue weighted by molar-refractivity contribution is 0.519. The van der Waals surface area contributed by atoms with Crippen LogP contribution in [0.3, 0.4) is 0 Å². The Bertz CT molecular complexity index is 244.